The molecule has 1 unspecified atom stereocenters. The number of aliphatic hydroxyl groups is 1. The molecule has 84 valence electrons. The maximum atomic E-state index is 13.4. The highest BCUT2D eigenvalue weighted by atomic mass is 35.5. The van der Waals surface area contributed by atoms with Crippen molar-refractivity contribution >= 4 is 11.6 Å². The molecule has 0 amide bonds. The first kappa shape index (κ1) is 12.0. The summed E-state index contributed by atoms with van der Waals surface area (Å²) in [5, 5.41) is 30.4. The summed E-state index contributed by atoms with van der Waals surface area (Å²) in [4.78, 5) is 0. The average molecular weight is 236 g/mol. The molecule has 1 aromatic carbocycles. The minimum absolute atomic E-state index is 0.0320. The van der Waals surface area contributed by atoms with Crippen molar-refractivity contribution in [1.82, 2.24) is 5.32 Å². The lowest BCUT2D eigenvalue weighted by Crippen LogP contribution is -2.18. The smallest absolute Gasteiger partial charge is 0.174 e. The zero-order valence-electron chi connectivity index (χ0n) is 7.96. The number of benzene rings is 1. The number of halogens is 2. The zero-order valence-corrected chi connectivity index (χ0v) is 8.72. The van der Waals surface area contributed by atoms with Gasteiger partial charge in [-0.05, 0) is 7.05 Å². The third-order valence-corrected chi connectivity index (χ3v) is 2.22. The Morgan fingerprint density at radius 2 is 2.13 bits per heavy atom. The van der Waals surface area contributed by atoms with E-state index in [2.05, 4.69) is 5.32 Å². The number of phenolic OH excluding ortho intramolecular Hbond substituents is 2. The van der Waals surface area contributed by atoms with Crippen molar-refractivity contribution in [3.05, 3.63) is 22.5 Å². The molecule has 0 radical (unpaired) electrons. The maximum absolute atomic E-state index is 13.4. The number of hydrogen-bond acceptors (Lipinski definition) is 4. The van der Waals surface area contributed by atoms with E-state index in [1.807, 2.05) is 0 Å². The zero-order chi connectivity index (χ0) is 11.6. The van der Waals surface area contributed by atoms with Crippen LogP contribution in [0.15, 0.2) is 6.07 Å². The van der Waals surface area contributed by atoms with Gasteiger partial charge in [-0.25, -0.2) is 4.39 Å². The summed E-state index contributed by atoms with van der Waals surface area (Å²) in [6.45, 7) is 0.0320. The van der Waals surface area contributed by atoms with E-state index < -0.39 is 29.0 Å². The van der Waals surface area contributed by atoms with Crippen LogP contribution in [0.25, 0.3) is 0 Å². The molecule has 0 aliphatic heterocycles. The molecule has 0 aliphatic rings. The lowest BCUT2D eigenvalue weighted by Gasteiger charge is -2.14. The molecule has 4 nitrogen and oxygen atoms in total. The molecule has 0 heterocycles. The van der Waals surface area contributed by atoms with Crippen molar-refractivity contribution < 1.29 is 19.7 Å². The highest BCUT2D eigenvalue weighted by Crippen LogP contribution is 2.38. The van der Waals surface area contributed by atoms with Crippen LogP contribution in [-0.4, -0.2) is 28.9 Å². The second-order valence-corrected chi connectivity index (χ2v) is 3.43. The van der Waals surface area contributed by atoms with E-state index in [1.165, 1.54) is 0 Å². The highest BCUT2D eigenvalue weighted by molar-refractivity contribution is 6.32. The maximum Gasteiger partial charge on any atom is 0.174 e. The molecule has 0 fully saturated rings. The molecular formula is C9H11ClFNO3. The van der Waals surface area contributed by atoms with Gasteiger partial charge in [-0.3, -0.25) is 0 Å². The first-order valence-electron chi connectivity index (χ1n) is 4.21. The molecule has 0 saturated carbocycles. The van der Waals surface area contributed by atoms with E-state index in [0.29, 0.717) is 0 Å². The van der Waals surface area contributed by atoms with Gasteiger partial charge in [0.25, 0.3) is 0 Å². The van der Waals surface area contributed by atoms with Crippen LogP contribution in [0.1, 0.15) is 11.7 Å². The summed E-state index contributed by atoms with van der Waals surface area (Å²) in [6, 6.07) is 0.877. The van der Waals surface area contributed by atoms with Crippen LogP contribution >= 0.6 is 11.6 Å². The lowest BCUT2D eigenvalue weighted by atomic mass is 10.1. The van der Waals surface area contributed by atoms with Gasteiger partial charge in [0, 0.05) is 12.6 Å². The quantitative estimate of drug-likeness (QED) is 0.593. The number of rotatable bonds is 3. The van der Waals surface area contributed by atoms with Gasteiger partial charge in [-0.15, -0.1) is 0 Å². The number of nitrogens with one attached hydrogen (secondary N) is 1. The Morgan fingerprint density at radius 1 is 1.53 bits per heavy atom. The second kappa shape index (κ2) is 4.65. The van der Waals surface area contributed by atoms with Crippen molar-refractivity contribution in [2.45, 2.75) is 6.10 Å². The predicted molar refractivity (Wildman–Crippen MR) is 53.6 cm³/mol. The Hall–Kier alpha value is -1.04. The third kappa shape index (κ3) is 2.31. The molecule has 1 rings (SSSR count). The van der Waals surface area contributed by atoms with Gasteiger partial charge < -0.3 is 20.6 Å². The van der Waals surface area contributed by atoms with E-state index in [4.69, 9.17) is 16.7 Å². The Bertz CT molecular complexity index is 347. The van der Waals surface area contributed by atoms with Crippen molar-refractivity contribution in [3.63, 3.8) is 0 Å². The minimum atomic E-state index is -1.28. The number of likely N-dealkylation sites (N-methyl/N-ethyl adjacent to an activating group) is 1. The van der Waals surface area contributed by atoms with Crippen LogP contribution in [0.2, 0.25) is 5.02 Å². The number of aromatic hydroxyl groups is 2. The first-order valence-corrected chi connectivity index (χ1v) is 4.59. The average Bonchev–Trinajstić information content (AvgIpc) is 2.16. The Labute approximate surface area is 90.9 Å². The van der Waals surface area contributed by atoms with E-state index in [-0.39, 0.29) is 11.6 Å². The van der Waals surface area contributed by atoms with Gasteiger partial charge in [-0.1, -0.05) is 11.6 Å². The molecule has 15 heavy (non-hydrogen) atoms. The fraction of sp³-hybridized carbons (Fsp3) is 0.333. The van der Waals surface area contributed by atoms with E-state index in [1.54, 1.807) is 7.05 Å². The molecule has 0 spiro atoms. The summed E-state index contributed by atoms with van der Waals surface area (Å²) in [6.07, 6.45) is -1.28. The van der Waals surface area contributed by atoms with Crippen LogP contribution < -0.4 is 5.32 Å². The van der Waals surface area contributed by atoms with Crippen molar-refractivity contribution in [3.8, 4) is 11.5 Å². The van der Waals surface area contributed by atoms with Gasteiger partial charge in [0.05, 0.1) is 16.7 Å². The lowest BCUT2D eigenvalue weighted by molar-refractivity contribution is 0.168. The van der Waals surface area contributed by atoms with Crippen molar-refractivity contribution in [1.29, 1.82) is 0 Å². The van der Waals surface area contributed by atoms with Crippen LogP contribution in [-0.2, 0) is 0 Å². The number of hydrogen-bond donors (Lipinski definition) is 4. The van der Waals surface area contributed by atoms with E-state index >= 15 is 0 Å². The van der Waals surface area contributed by atoms with Crippen molar-refractivity contribution in [2.75, 3.05) is 13.6 Å². The Kier molecular flexibility index (Phi) is 3.73. The van der Waals surface area contributed by atoms with Gasteiger partial charge in [0.2, 0.25) is 0 Å². The van der Waals surface area contributed by atoms with Crippen LogP contribution in [0, 0.1) is 5.82 Å². The SMILES string of the molecule is CNCC(O)c1c(O)c(Cl)cc(O)c1F. The first-order chi connectivity index (χ1) is 6.99. The van der Waals surface area contributed by atoms with Crippen LogP contribution in [0.4, 0.5) is 4.39 Å². The fourth-order valence-electron chi connectivity index (χ4n) is 1.22. The van der Waals surface area contributed by atoms with Gasteiger partial charge in [-0.2, -0.15) is 0 Å². The normalized spacial score (nSPS) is 12.8. The summed E-state index contributed by atoms with van der Waals surface area (Å²) >= 11 is 5.53. The monoisotopic (exact) mass is 235 g/mol. The largest absolute Gasteiger partial charge is 0.506 e. The fourth-order valence-corrected chi connectivity index (χ4v) is 1.43. The summed E-state index contributed by atoms with van der Waals surface area (Å²) < 4.78 is 13.4. The highest BCUT2D eigenvalue weighted by Gasteiger charge is 2.22. The number of aliphatic hydroxyl groups excluding tert-OH is 1. The molecular weight excluding hydrogens is 225 g/mol. The van der Waals surface area contributed by atoms with E-state index in [0.717, 1.165) is 6.07 Å². The Balaban J connectivity index is 3.26. The minimum Gasteiger partial charge on any atom is -0.506 e. The summed E-state index contributed by atoms with van der Waals surface area (Å²) in [5.41, 5.74) is -0.408. The van der Waals surface area contributed by atoms with Crippen LogP contribution in [0.5, 0.6) is 11.5 Å². The molecule has 1 aromatic rings. The molecule has 4 N–H and O–H groups in total. The van der Waals surface area contributed by atoms with E-state index in [9.17, 15) is 14.6 Å². The summed E-state index contributed by atoms with van der Waals surface area (Å²) in [7, 11) is 1.56. The standard InChI is InChI=1S/C9H11ClFNO3/c1-12-3-6(14)7-8(11)5(13)2-4(10)9(7)15/h2,6,12-15H,3H2,1H3. The second-order valence-electron chi connectivity index (χ2n) is 3.03. The molecule has 0 saturated heterocycles. The molecule has 0 bridgehead atoms. The van der Waals surface area contributed by atoms with Crippen molar-refractivity contribution in [2.24, 2.45) is 0 Å². The molecule has 6 heteroatoms. The number of phenols is 2. The topological polar surface area (TPSA) is 72.7 Å². The third-order valence-electron chi connectivity index (χ3n) is 1.94. The molecule has 0 aliphatic carbocycles. The molecule has 0 aromatic heterocycles. The van der Waals surface area contributed by atoms with Gasteiger partial charge in [0.15, 0.2) is 11.6 Å². The summed E-state index contributed by atoms with van der Waals surface area (Å²) in [5.74, 6) is -2.34. The Morgan fingerprint density at radius 3 is 2.67 bits per heavy atom. The predicted octanol–water partition coefficient (Wildman–Crippen LogP) is 1.14. The van der Waals surface area contributed by atoms with Gasteiger partial charge in [0.1, 0.15) is 5.75 Å². The van der Waals surface area contributed by atoms with Gasteiger partial charge >= 0.3 is 0 Å². The molecule has 1 atom stereocenters. The van der Waals surface area contributed by atoms with Crippen LogP contribution in [0.3, 0.4) is 0 Å².